The molecule has 1 aromatic rings. The summed E-state index contributed by atoms with van der Waals surface area (Å²) in [6, 6.07) is 6.35. The molecular formula is C13H20BrIN2. The third-order valence-corrected chi connectivity index (χ3v) is 4.93. The Labute approximate surface area is 126 Å². The van der Waals surface area contributed by atoms with Crippen molar-refractivity contribution in [3.63, 3.8) is 0 Å². The van der Waals surface area contributed by atoms with Crippen LogP contribution in [0.15, 0.2) is 22.7 Å². The van der Waals surface area contributed by atoms with E-state index in [0.717, 1.165) is 11.0 Å². The summed E-state index contributed by atoms with van der Waals surface area (Å²) in [5.41, 5.74) is 7.16. The molecule has 0 bridgehead atoms. The number of hydrogen-bond acceptors (Lipinski definition) is 2. The van der Waals surface area contributed by atoms with Gasteiger partial charge in [0.25, 0.3) is 0 Å². The fraction of sp³-hybridized carbons (Fsp3) is 0.538. The second-order valence-electron chi connectivity index (χ2n) is 4.87. The van der Waals surface area contributed by atoms with Gasteiger partial charge >= 0.3 is 0 Å². The third-order valence-electron chi connectivity index (χ3n) is 3.39. The van der Waals surface area contributed by atoms with E-state index in [-0.39, 0.29) is 5.54 Å². The minimum atomic E-state index is -0.00853. The van der Waals surface area contributed by atoms with Crippen LogP contribution in [0.25, 0.3) is 0 Å². The molecule has 0 aliphatic rings. The van der Waals surface area contributed by atoms with Crippen LogP contribution in [0, 0.1) is 9.49 Å². The van der Waals surface area contributed by atoms with Gasteiger partial charge in [-0.05, 0) is 59.2 Å². The molecule has 1 unspecified atom stereocenters. The van der Waals surface area contributed by atoms with Gasteiger partial charge < -0.3 is 11.1 Å². The van der Waals surface area contributed by atoms with Crippen LogP contribution in [0.5, 0.6) is 0 Å². The maximum Gasteiger partial charge on any atom is 0.0301 e. The normalized spacial score (nSPS) is 15.0. The van der Waals surface area contributed by atoms with Gasteiger partial charge in [-0.15, -0.1) is 0 Å². The van der Waals surface area contributed by atoms with Crippen molar-refractivity contribution in [2.45, 2.75) is 32.9 Å². The smallest absolute Gasteiger partial charge is 0.0301 e. The van der Waals surface area contributed by atoms with Crippen LogP contribution >= 0.6 is 38.5 Å². The Morgan fingerprint density at radius 2 is 2.12 bits per heavy atom. The number of halogens is 2. The van der Waals surface area contributed by atoms with Crippen LogP contribution in [0.4, 0.5) is 0 Å². The van der Waals surface area contributed by atoms with E-state index in [1.807, 2.05) is 0 Å². The van der Waals surface area contributed by atoms with Crippen LogP contribution in [-0.4, -0.2) is 12.1 Å². The summed E-state index contributed by atoms with van der Waals surface area (Å²) in [5.74, 6) is 0.511. The lowest BCUT2D eigenvalue weighted by Gasteiger charge is -2.34. The quantitative estimate of drug-likeness (QED) is 0.729. The van der Waals surface area contributed by atoms with E-state index in [2.05, 4.69) is 82.8 Å². The van der Waals surface area contributed by atoms with Crippen molar-refractivity contribution >= 4 is 38.5 Å². The molecule has 3 N–H and O–H groups in total. The van der Waals surface area contributed by atoms with Crippen molar-refractivity contribution in [3.8, 4) is 0 Å². The molecule has 0 fully saturated rings. The maximum atomic E-state index is 5.87. The zero-order valence-electron chi connectivity index (χ0n) is 10.6. The van der Waals surface area contributed by atoms with Gasteiger partial charge in [0.1, 0.15) is 0 Å². The van der Waals surface area contributed by atoms with E-state index >= 15 is 0 Å². The van der Waals surface area contributed by atoms with Gasteiger partial charge in [0, 0.05) is 26.7 Å². The summed E-state index contributed by atoms with van der Waals surface area (Å²) in [6.45, 7) is 8.08. The van der Waals surface area contributed by atoms with E-state index < -0.39 is 0 Å². The number of hydrogen-bond donors (Lipinski definition) is 2. The van der Waals surface area contributed by atoms with E-state index in [9.17, 15) is 0 Å². The predicted octanol–water partition coefficient (Wildman–Crippen LogP) is 3.52. The third kappa shape index (κ3) is 4.19. The first kappa shape index (κ1) is 15.4. The van der Waals surface area contributed by atoms with Crippen molar-refractivity contribution in [2.75, 3.05) is 6.54 Å². The van der Waals surface area contributed by atoms with Crippen LogP contribution in [0.1, 0.15) is 26.3 Å². The van der Waals surface area contributed by atoms with Crippen LogP contribution in [0.3, 0.4) is 0 Å². The lowest BCUT2D eigenvalue weighted by Crippen LogP contribution is -2.52. The second-order valence-corrected chi connectivity index (χ2v) is 6.94. The standard InChI is InChI=1S/C13H20BrIN2/c1-9(2)13(3,8-16)17-7-10-6-11(14)4-5-12(10)15/h4-6,9,17H,7-8,16H2,1-3H3. The summed E-state index contributed by atoms with van der Waals surface area (Å²) >= 11 is 5.87. The zero-order valence-corrected chi connectivity index (χ0v) is 14.3. The van der Waals surface area contributed by atoms with Gasteiger partial charge in [-0.2, -0.15) is 0 Å². The van der Waals surface area contributed by atoms with Crippen LogP contribution in [-0.2, 0) is 6.54 Å². The minimum absolute atomic E-state index is 0.00853. The topological polar surface area (TPSA) is 38.0 Å². The number of rotatable bonds is 5. The molecular weight excluding hydrogens is 391 g/mol. The SMILES string of the molecule is CC(C)C(C)(CN)NCc1cc(Br)ccc1I. The van der Waals surface area contributed by atoms with Crippen molar-refractivity contribution in [2.24, 2.45) is 11.7 Å². The second kappa shape index (κ2) is 6.50. The van der Waals surface area contributed by atoms with Crippen LogP contribution < -0.4 is 11.1 Å². The van der Waals surface area contributed by atoms with E-state index in [1.54, 1.807) is 0 Å². The summed E-state index contributed by atoms with van der Waals surface area (Å²) in [5, 5.41) is 3.58. The number of nitrogens with one attached hydrogen (secondary N) is 1. The van der Waals surface area contributed by atoms with Crippen molar-refractivity contribution in [1.82, 2.24) is 5.32 Å². The maximum absolute atomic E-state index is 5.87. The Bertz CT molecular complexity index is 382. The molecule has 0 amide bonds. The molecule has 0 aromatic heterocycles. The predicted molar refractivity (Wildman–Crippen MR) is 86.0 cm³/mol. The lowest BCUT2D eigenvalue weighted by molar-refractivity contribution is 0.267. The molecule has 17 heavy (non-hydrogen) atoms. The molecule has 96 valence electrons. The molecule has 2 nitrogen and oxygen atoms in total. The first-order chi connectivity index (χ1) is 7.89. The van der Waals surface area contributed by atoms with Gasteiger partial charge in [0.05, 0.1) is 0 Å². The highest BCUT2D eigenvalue weighted by Gasteiger charge is 2.25. The van der Waals surface area contributed by atoms with Crippen molar-refractivity contribution < 1.29 is 0 Å². The average molecular weight is 411 g/mol. The van der Waals surface area contributed by atoms with Gasteiger partial charge in [-0.25, -0.2) is 0 Å². The van der Waals surface area contributed by atoms with Gasteiger partial charge in [0.2, 0.25) is 0 Å². The zero-order chi connectivity index (χ0) is 13.1. The summed E-state index contributed by atoms with van der Waals surface area (Å²) in [4.78, 5) is 0. The van der Waals surface area contributed by atoms with E-state index in [4.69, 9.17) is 5.73 Å². The molecule has 0 saturated heterocycles. The molecule has 1 atom stereocenters. The Kier molecular flexibility index (Phi) is 5.89. The molecule has 4 heteroatoms. The van der Waals surface area contributed by atoms with Crippen LogP contribution in [0.2, 0.25) is 0 Å². The number of nitrogens with two attached hydrogens (primary N) is 1. The molecule has 1 aromatic carbocycles. The van der Waals surface area contributed by atoms with E-state index in [1.165, 1.54) is 9.13 Å². The molecule has 0 aliphatic carbocycles. The van der Waals surface area contributed by atoms with Gasteiger partial charge in [-0.3, -0.25) is 0 Å². The van der Waals surface area contributed by atoms with E-state index in [0.29, 0.717) is 12.5 Å². The minimum Gasteiger partial charge on any atom is -0.329 e. The largest absolute Gasteiger partial charge is 0.329 e. The molecule has 0 spiro atoms. The highest BCUT2D eigenvalue weighted by molar-refractivity contribution is 14.1. The first-order valence-electron chi connectivity index (χ1n) is 5.78. The lowest BCUT2D eigenvalue weighted by atomic mass is 9.88. The molecule has 0 saturated carbocycles. The Hall–Kier alpha value is 0.350. The summed E-state index contributed by atoms with van der Waals surface area (Å²) in [6.07, 6.45) is 0. The van der Waals surface area contributed by atoms with Gasteiger partial charge in [-0.1, -0.05) is 29.8 Å². The molecule has 0 radical (unpaired) electrons. The van der Waals surface area contributed by atoms with Gasteiger partial charge in [0.15, 0.2) is 0 Å². The Balaban J connectivity index is 2.75. The molecule has 0 heterocycles. The average Bonchev–Trinajstić information content (AvgIpc) is 2.29. The highest BCUT2D eigenvalue weighted by Crippen LogP contribution is 2.20. The molecule has 1 rings (SSSR count). The highest BCUT2D eigenvalue weighted by atomic mass is 127. The first-order valence-corrected chi connectivity index (χ1v) is 7.65. The van der Waals surface area contributed by atoms with Crippen molar-refractivity contribution in [3.05, 3.63) is 31.8 Å². The fourth-order valence-corrected chi connectivity index (χ4v) is 2.42. The molecule has 0 aliphatic heterocycles. The van der Waals surface area contributed by atoms with Crippen molar-refractivity contribution in [1.29, 1.82) is 0 Å². The Morgan fingerprint density at radius 1 is 1.47 bits per heavy atom. The Morgan fingerprint density at radius 3 is 2.65 bits per heavy atom. The summed E-state index contributed by atoms with van der Waals surface area (Å²) in [7, 11) is 0. The fourth-order valence-electron chi connectivity index (χ4n) is 1.49. The summed E-state index contributed by atoms with van der Waals surface area (Å²) < 4.78 is 2.40. The number of benzene rings is 1. The monoisotopic (exact) mass is 410 g/mol.